The summed E-state index contributed by atoms with van der Waals surface area (Å²) in [5.74, 6) is 1.26. The Bertz CT molecular complexity index is 740. The van der Waals surface area contributed by atoms with Crippen molar-refractivity contribution in [3.63, 3.8) is 0 Å². The second-order valence-corrected chi connectivity index (χ2v) is 7.06. The third-order valence-corrected chi connectivity index (χ3v) is 4.94. The largest absolute Gasteiger partial charge is 0.497 e. The second-order valence-electron chi connectivity index (χ2n) is 7.06. The van der Waals surface area contributed by atoms with Gasteiger partial charge in [-0.15, -0.1) is 0 Å². The maximum absolute atomic E-state index is 12.5. The fourth-order valence-electron chi connectivity index (χ4n) is 3.26. The maximum Gasteiger partial charge on any atom is 0.258 e. The van der Waals surface area contributed by atoms with E-state index in [-0.39, 0.29) is 18.6 Å². The van der Waals surface area contributed by atoms with E-state index in [4.69, 9.17) is 14.2 Å². The lowest BCUT2D eigenvalue weighted by Crippen LogP contribution is -3.14. The number of carbonyl (C=O) groups excluding carboxylic acids is 1. The van der Waals surface area contributed by atoms with Crippen LogP contribution in [0, 0.1) is 6.92 Å². The third kappa shape index (κ3) is 5.97. The number of rotatable bonds is 8. The molecule has 6 heteroatoms. The highest BCUT2D eigenvalue weighted by molar-refractivity contribution is 5.78. The van der Waals surface area contributed by atoms with Crippen molar-refractivity contribution in [2.24, 2.45) is 0 Å². The molecule has 2 N–H and O–H groups in total. The highest BCUT2D eigenvalue weighted by Crippen LogP contribution is 2.17. The minimum atomic E-state index is -0.131. The summed E-state index contributed by atoms with van der Waals surface area (Å²) in [6, 6.07) is 15.5. The van der Waals surface area contributed by atoms with Crippen LogP contribution in [0.5, 0.6) is 11.5 Å². The molecule has 0 saturated carbocycles. The number of carbonyl (C=O) groups is 1. The summed E-state index contributed by atoms with van der Waals surface area (Å²) in [4.78, 5) is 14.0. The number of quaternary nitrogens is 1. The molecule has 1 saturated heterocycles. The van der Waals surface area contributed by atoms with Crippen LogP contribution in [0.4, 0.5) is 0 Å². The van der Waals surface area contributed by atoms with Gasteiger partial charge in [0.15, 0.2) is 6.61 Å². The fourth-order valence-corrected chi connectivity index (χ4v) is 3.26. The fraction of sp³-hybridized carbons (Fsp3) is 0.409. The summed E-state index contributed by atoms with van der Waals surface area (Å²) >= 11 is 0. The van der Waals surface area contributed by atoms with E-state index in [1.54, 1.807) is 19.2 Å². The predicted molar refractivity (Wildman–Crippen MR) is 107 cm³/mol. The quantitative estimate of drug-likeness (QED) is 0.716. The van der Waals surface area contributed by atoms with Gasteiger partial charge in [-0.1, -0.05) is 29.8 Å². The van der Waals surface area contributed by atoms with Crippen LogP contribution in [0.15, 0.2) is 48.5 Å². The van der Waals surface area contributed by atoms with Crippen LogP contribution in [-0.4, -0.2) is 52.5 Å². The summed E-state index contributed by atoms with van der Waals surface area (Å²) < 4.78 is 16.2. The van der Waals surface area contributed by atoms with Gasteiger partial charge in [0, 0.05) is 0 Å². The van der Waals surface area contributed by atoms with Crippen LogP contribution in [0.1, 0.15) is 17.2 Å². The third-order valence-electron chi connectivity index (χ3n) is 4.94. The van der Waals surface area contributed by atoms with Gasteiger partial charge < -0.3 is 24.4 Å². The first-order valence-corrected chi connectivity index (χ1v) is 9.68. The first-order valence-electron chi connectivity index (χ1n) is 9.68. The summed E-state index contributed by atoms with van der Waals surface area (Å²) in [7, 11) is 1.62. The predicted octanol–water partition coefficient (Wildman–Crippen LogP) is 1.16. The number of aryl methyl sites for hydroxylation is 1. The number of amides is 1. The number of nitrogens with one attached hydrogen (secondary N) is 2. The van der Waals surface area contributed by atoms with Gasteiger partial charge in [0.2, 0.25) is 0 Å². The molecule has 1 aliphatic heterocycles. The summed E-state index contributed by atoms with van der Waals surface area (Å²) in [5.41, 5.74) is 2.32. The van der Waals surface area contributed by atoms with Gasteiger partial charge in [0.05, 0.1) is 20.3 Å². The van der Waals surface area contributed by atoms with Gasteiger partial charge in [-0.3, -0.25) is 4.79 Å². The highest BCUT2D eigenvalue weighted by atomic mass is 16.5. The van der Waals surface area contributed by atoms with Crippen LogP contribution < -0.4 is 19.7 Å². The van der Waals surface area contributed by atoms with E-state index < -0.39 is 0 Å². The lowest BCUT2D eigenvalue weighted by molar-refractivity contribution is -0.909. The van der Waals surface area contributed by atoms with E-state index in [2.05, 4.69) is 36.5 Å². The Morgan fingerprint density at radius 3 is 2.36 bits per heavy atom. The van der Waals surface area contributed by atoms with Gasteiger partial charge >= 0.3 is 0 Å². The molecule has 0 aliphatic carbocycles. The first-order chi connectivity index (χ1) is 13.6. The molecule has 2 aromatic carbocycles. The Labute approximate surface area is 166 Å². The Morgan fingerprint density at radius 2 is 1.71 bits per heavy atom. The topological polar surface area (TPSA) is 61.2 Å². The van der Waals surface area contributed by atoms with Crippen LogP contribution >= 0.6 is 0 Å². The molecule has 0 unspecified atom stereocenters. The second kappa shape index (κ2) is 10.1. The minimum absolute atomic E-state index is 0.0207. The van der Waals surface area contributed by atoms with Crippen molar-refractivity contribution >= 4 is 5.91 Å². The zero-order chi connectivity index (χ0) is 19.8. The molecule has 0 bridgehead atoms. The van der Waals surface area contributed by atoms with Crippen molar-refractivity contribution in [1.29, 1.82) is 0 Å². The van der Waals surface area contributed by atoms with Crippen molar-refractivity contribution in [2.75, 3.05) is 46.6 Å². The molecule has 0 radical (unpaired) electrons. The van der Waals surface area contributed by atoms with Crippen molar-refractivity contribution in [3.8, 4) is 11.5 Å². The van der Waals surface area contributed by atoms with Crippen LogP contribution in [0.2, 0.25) is 0 Å². The van der Waals surface area contributed by atoms with E-state index >= 15 is 0 Å². The maximum atomic E-state index is 12.5. The highest BCUT2D eigenvalue weighted by Gasteiger charge is 2.23. The number of methoxy groups -OCH3 is 1. The van der Waals surface area contributed by atoms with Gasteiger partial charge in [-0.2, -0.15) is 0 Å². The average Bonchev–Trinajstić information content (AvgIpc) is 2.73. The number of ether oxygens (including phenoxy) is 3. The number of hydrogen-bond acceptors (Lipinski definition) is 4. The molecule has 3 rings (SSSR count). The first kappa shape index (κ1) is 20.2. The number of morpholine rings is 1. The molecule has 0 spiro atoms. The van der Waals surface area contributed by atoms with E-state index in [9.17, 15) is 4.79 Å². The smallest absolute Gasteiger partial charge is 0.258 e. The van der Waals surface area contributed by atoms with Crippen LogP contribution in [-0.2, 0) is 9.53 Å². The molecular weight excluding hydrogens is 356 g/mol. The molecule has 1 fully saturated rings. The molecule has 6 nitrogen and oxygen atoms in total. The van der Waals surface area contributed by atoms with Gasteiger partial charge in [-0.05, 0) is 36.8 Å². The van der Waals surface area contributed by atoms with E-state index in [1.807, 2.05) is 12.1 Å². The molecule has 0 aromatic heterocycles. The molecular formula is C22H29N2O4+. The summed E-state index contributed by atoms with van der Waals surface area (Å²) in [6.07, 6.45) is 0. The zero-order valence-electron chi connectivity index (χ0n) is 16.6. The standard InChI is InChI=1S/C22H28N2O4/c1-17-3-5-18(6-4-17)21(15-24-11-13-27-14-12-24)23-22(25)16-28-20-9-7-19(26-2)8-10-20/h3-10,21H,11-16H2,1-2H3,(H,23,25)/p+1/t21-/m1/s1. The lowest BCUT2D eigenvalue weighted by Gasteiger charge is -2.28. The van der Waals surface area contributed by atoms with Gasteiger partial charge in [0.25, 0.3) is 5.91 Å². The Hall–Kier alpha value is -2.57. The Kier molecular flexibility index (Phi) is 7.28. The van der Waals surface area contributed by atoms with Crippen molar-refractivity contribution in [1.82, 2.24) is 5.32 Å². The number of benzene rings is 2. The summed E-state index contributed by atoms with van der Waals surface area (Å²) in [6.45, 7) is 6.33. The molecule has 1 aliphatic rings. The summed E-state index contributed by atoms with van der Waals surface area (Å²) in [5, 5.41) is 3.14. The SMILES string of the molecule is COc1ccc(OCC(=O)N[C@H](C[NH+]2CCOCC2)c2ccc(C)cc2)cc1. The van der Waals surface area contributed by atoms with Crippen molar-refractivity contribution < 1.29 is 23.9 Å². The molecule has 28 heavy (non-hydrogen) atoms. The van der Waals surface area contributed by atoms with E-state index in [0.29, 0.717) is 5.75 Å². The monoisotopic (exact) mass is 385 g/mol. The molecule has 1 atom stereocenters. The van der Waals surface area contributed by atoms with Crippen molar-refractivity contribution in [3.05, 3.63) is 59.7 Å². The van der Waals surface area contributed by atoms with Crippen LogP contribution in [0.3, 0.4) is 0 Å². The normalized spacial score (nSPS) is 15.6. The molecule has 2 aromatic rings. The minimum Gasteiger partial charge on any atom is -0.497 e. The molecule has 1 amide bonds. The van der Waals surface area contributed by atoms with E-state index in [0.717, 1.165) is 44.2 Å². The number of hydrogen-bond donors (Lipinski definition) is 2. The molecule has 150 valence electrons. The van der Waals surface area contributed by atoms with Crippen molar-refractivity contribution in [2.45, 2.75) is 13.0 Å². The Morgan fingerprint density at radius 1 is 1.07 bits per heavy atom. The Balaban J connectivity index is 1.60. The molecule has 1 heterocycles. The van der Waals surface area contributed by atoms with Gasteiger partial charge in [-0.25, -0.2) is 0 Å². The van der Waals surface area contributed by atoms with E-state index in [1.165, 1.54) is 10.5 Å². The zero-order valence-corrected chi connectivity index (χ0v) is 16.6. The lowest BCUT2D eigenvalue weighted by atomic mass is 10.0. The average molecular weight is 385 g/mol. The van der Waals surface area contributed by atoms with Gasteiger partial charge in [0.1, 0.15) is 37.2 Å². The van der Waals surface area contributed by atoms with Crippen LogP contribution in [0.25, 0.3) is 0 Å².